The quantitative estimate of drug-likeness (QED) is 0.670. The number of sulfonamides is 1. The summed E-state index contributed by atoms with van der Waals surface area (Å²) >= 11 is 0. The monoisotopic (exact) mass is 402 g/mol. The number of anilines is 1. The van der Waals surface area contributed by atoms with Crippen LogP contribution >= 0.6 is 0 Å². The number of nitrogens with zero attached hydrogens (tertiary/aromatic N) is 2. The zero-order valence-corrected chi connectivity index (χ0v) is 15.6. The summed E-state index contributed by atoms with van der Waals surface area (Å²) in [6.45, 7) is 1.86. The summed E-state index contributed by atoms with van der Waals surface area (Å²) in [6, 6.07) is 15.4. The second-order valence-corrected chi connectivity index (χ2v) is 8.30. The molecule has 1 fully saturated rings. The third-order valence-corrected chi connectivity index (χ3v) is 6.56. The van der Waals surface area contributed by atoms with Gasteiger partial charge in [0.15, 0.2) is 0 Å². The Kier molecular flexibility index (Phi) is 4.70. The number of furan rings is 1. The molecule has 2 heterocycles. The maximum atomic E-state index is 12.7. The third kappa shape index (κ3) is 3.54. The lowest BCUT2D eigenvalue weighted by Gasteiger charge is -2.35. The number of carbonyl (C=O) groups is 1. The molecule has 0 bridgehead atoms. The second kappa shape index (κ2) is 7.17. The molecule has 0 atom stereocenters. The molecule has 146 valence electrons. The molecule has 1 aliphatic heterocycles. The van der Waals surface area contributed by atoms with Gasteiger partial charge in [-0.3, -0.25) is 0 Å². The van der Waals surface area contributed by atoms with Crippen LogP contribution in [-0.2, 0) is 10.0 Å². The number of fused-ring (bicyclic) bond motifs is 1. The van der Waals surface area contributed by atoms with Crippen LogP contribution in [0.5, 0.6) is 5.95 Å². The minimum absolute atomic E-state index is 0.0848. The van der Waals surface area contributed by atoms with Crippen LogP contribution in [0.3, 0.4) is 0 Å². The van der Waals surface area contributed by atoms with Crippen molar-refractivity contribution in [2.75, 3.05) is 31.1 Å². The van der Waals surface area contributed by atoms with E-state index >= 15 is 0 Å². The normalized spacial score (nSPS) is 15.6. The first-order valence-corrected chi connectivity index (χ1v) is 10.1. The van der Waals surface area contributed by atoms with Gasteiger partial charge >= 0.3 is 6.16 Å². The van der Waals surface area contributed by atoms with E-state index in [1.165, 1.54) is 10.4 Å². The van der Waals surface area contributed by atoms with E-state index in [0.717, 1.165) is 5.69 Å². The number of benzene rings is 2. The molecule has 2 aromatic carbocycles. The Morgan fingerprint density at radius 1 is 1.00 bits per heavy atom. The van der Waals surface area contributed by atoms with E-state index in [0.29, 0.717) is 42.0 Å². The molecule has 0 amide bonds. The van der Waals surface area contributed by atoms with Crippen LogP contribution in [0.25, 0.3) is 11.0 Å². The molecular weight excluding hydrogens is 384 g/mol. The molecule has 1 N–H and O–H groups in total. The van der Waals surface area contributed by atoms with Crippen LogP contribution in [0.1, 0.15) is 0 Å². The third-order valence-electron chi connectivity index (χ3n) is 4.65. The van der Waals surface area contributed by atoms with Crippen LogP contribution in [0.15, 0.2) is 63.9 Å². The van der Waals surface area contributed by atoms with Crippen molar-refractivity contribution in [3.8, 4) is 5.95 Å². The number of hydrogen-bond acceptors (Lipinski definition) is 6. The van der Waals surface area contributed by atoms with Gasteiger partial charge in [0.05, 0.1) is 4.90 Å². The topological polar surface area (TPSA) is 100 Å². The minimum atomic E-state index is -3.49. The molecule has 1 aliphatic rings. The Labute approximate surface area is 161 Å². The molecule has 3 aromatic rings. The molecule has 9 heteroatoms. The summed E-state index contributed by atoms with van der Waals surface area (Å²) < 4.78 is 36.8. The van der Waals surface area contributed by atoms with Crippen molar-refractivity contribution in [1.82, 2.24) is 4.31 Å². The molecule has 4 rings (SSSR count). The first-order chi connectivity index (χ1) is 13.4. The second-order valence-electron chi connectivity index (χ2n) is 6.36. The zero-order chi connectivity index (χ0) is 19.7. The predicted octanol–water partition coefficient (Wildman–Crippen LogP) is 3.00. The first-order valence-electron chi connectivity index (χ1n) is 8.68. The zero-order valence-electron chi connectivity index (χ0n) is 14.8. The molecule has 0 saturated carbocycles. The van der Waals surface area contributed by atoms with Crippen molar-refractivity contribution in [1.29, 1.82) is 0 Å². The van der Waals surface area contributed by atoms with Gasteiger partial charge in [0.25, 0.3) is 5.95 Å². The average molecular weight is 402 g/mol. The highest BCUT2D eigenvalue weighted by atomic mass is 32.2. The van der Waals surface area contributed by atoms with Gasteiger partial charge in [-0.2, -0.15) is 4.31 Å². The van der Waals surface area contributed by atoms with Crippen molar-refractivity contribution in [3.63, 3.8) is 0 Å². The van der Waals surface area contributed by atoms with Crippen LogP contribution in [0.4, 0.5) is 10.5 Å². The van der Waals surface area contributed by atoms with Gasteiger partial charge in [-0.25, -0.2) is 13.2 Å². The summed E-state index contributed by atoms with van der Waals surface area (Å²) in [5, 5.41) is 9.40. The molecule has 0 aliphatic carbocycles. The van der Waals surface area contributed by atoms with Crippen molar-refractivity contribution in [2.24, 2.45) is 0 Å². The number of ether oxygens (including phenoxy) is 1. The molecule has 1 aromatic heterocycles. The number of rotatable bonds is 4. The summed E-state index contributed by atoms with van der Waals surface area (Å²) in [4.78, 5) is 13.0. The van der Waals surface area contributed by atoms with E-state index in [1.54, 1.807) is 36.4 Å². The van der Waals surface area contributed by atoms with Crippen molar-refractivity contribution < 1.29 is 27.5 Å². The van der Waals surface area contributed by atoms with Gasteiger partial charge in [0.1, 0.15) is 5.58 Å². The highest BCUT2D eigenvalue weighted by Gasteiger charge is 2.28. The highest BCUT2D eigenvalue weighted by Crippen LogP contribution is 2.30. The number of piperazine rings is 1. The van der Waals surface area contributed by atoms with Gasteiger partial charge in [0, 0.05) is 43.3 Å². The maximum Gasteiger partial charge on any atom is 0.513 e. The molecule has 0 radical (unpaired) electrons. The van der Waals surface area contributed by atoms with Crippen molar-refractivity contribution in [2.45, 2.75) is 4.90 Å². The predicted molar refractivity (Wildman–Crippen MR) is 102 cm³/mol. The largest absolute Gasteiger partial charge is 0.513 e. The fraction of sp³-hybridized carbons (Fsp3) is 0.211. The van der Waals surface area contributed by atoms with Gasteiger partial charge in [-0.1, -0.05) is 18.2 Å². The van der Waals surface area contributed by atoms with Gasteiger partial charge < -0.3 is 19.2 Å². The van der Waals surface area contributed by atoms with Crippen LogP contribution in [0.2, 0.25) is 0 Å². The molecule has 0 spiro atoms. The maximum absolute atomic E-state index is 12.7. The van der Waals surface area contributed by atoms with E-state index in [-0.39, 0.29) is 5.95 Å². The van der Waals surface area contributed by atoms with Gasteiger partial charge in [0.2, 0.25) is 10.0 Å². The van der Waals surface area contributed by atoms with E-state index in [9.17, 15) is 13.2 Å². The SMILES string of the molecule is O=C(O)Oc1cc2cc(N3CCN(S(=O)(=O)c4ccccc4)CC3)ccc2o1. The van der Waals surface area contributed by atoms with E-state index in [2.05, 4.69) is 9.64 Å². The molecule has 1 saturated heterocycles. The van der Waals surface area contributed by atoms with Crippen LogP contribution in [-0.4, -0.2) is 50.2 Å². The molecule has 8 nitrogen and oxygen atoms in total. The number of carboxylic acid groups (broad SMARTS) is 1. The van der Waals surface area contributed by atoms with E-state index in [1.807, 2.05) is 12.1 Å². The summed E-state index contributed by atoms with van der Waals surface area (Å²) in [6.07, 6.45) is -1.44. The molecule has 28 heavy (non-hydrogen) atoms. The van der Waals surface area contributed by atoms with Crippen LogP contribution in [0, 0.1) is 0 Å². The Morgan fingerprint density at radius 2 is 1.71 bits per heavy atom. The highest BCUT2D eigenvalue weighted by molar-refractivity contribution is 7.89. The first kappa shape index (κ1) is 18.3. The molecular formula is C19H18N2O6S. The smallest absolute Gasteiger partial charge is 0.449 e. The lowest BCUT2D eigenvalue weighted by molar-refractivity contribution is 0.134. The van der Waals surface area contributed by atoms with Gasteiger partial charge in [-0.05, 0) is 30.3 Å². The fourth-order valence-corrected chi connectivity index (χ4v) is 4.71. The van der Waals surface area contributed by atoms with Crippen LogP contribution < -0.4 is 9.64 Å². The van der Waals surface area contributed by atoms with Crippen molar-refractivity contribution in [3.05, 3.63) is 54.6 Å². The standard InChI is InChI=1S/C19H18N2O6S/c22-19(23)27-18-13-14-12-15(6-7-17(14)26-18)20-8-10-21(11-9-20)28(24,25)16-4-2-1-3-5-16/h1-7,12-13H,8-11H2,(H,22,23). The Hall–Kier alpha value is -3.04. The summed E-state index contributed by atoms with van der Waals surface area (Å²) in [5.41, 5.74) is 1.43. The van der Waals surface area contributed by atoms with E-state index in [4.69, 9.17) is 9.52 Å². The Bertz CT molecular complexity index is 1100. The summed E-state index contributed by atoms with van der Waals surface area (Å²) in [5.74, 6) is -0.0848. The minimum Gasteiger partial charge on any atom is -0.449 e. The van der Waals surface area contributed by atoms with Crippen molar-refractivity contribution >= 4 is 32.8 Å². The fourth-order valence-electron chi connectivity index (χ4n) is 3.27. The Morgan fingerprint density at radius 3 is 2.39 bits per heavy atom. The average Bonchev–Trinajstić information content (AvgIpc) is 3.09. The lowest BCUT2D eigenvalue weighted by Crippen LogP contribution is -2.48. The lowest BCUT2D eigenvalue weighted by atomic mass is 10.2. The summed E-state index contributed by atoms with van der Waals surface area (Å²) in [7, 11) is -3.49. The molecule has 0 unspecified atom stereocenters. The Balaban J connectivity index is 1.48. The number of hydrogen-bond donors (Lipinski definition) is 1. The van der Waals surface area contributed by atoms with E-state index < -0.39 is 16.2 Å². The van der Waals surface area contributed by atoms with Gasteiger partial charge in [-0.15, -0.1) is 0 Å².